The molecule has 0 saturated carbocycles. The number of carbonyl (C=O) groups excluding carboxylic acids is 2. The maximum Gasteiger partial charge on any atom is 0.315 e. The second kappa shape index (κ2) is 7.55. The number of thioether (sulfide) groups is 1. The highest BCUT2D eigenvalue weighted by Gasteiger charge is 2.42. The molecule has 3 heterocycles. The predicted molar refractivity (Wildman–Crippen MR) is 88.0 cm³/mol. The number of urea groups is 1. The van der Waals surface area contributed by atoms with E-state index in [1.807, 2.05) is 11.8 Å². The fourth-order valence-corrected chi connectivity index (χ4v) is 5.07. The van der Waals surface area contributed by atoms with Gasteiger partial charge in [-0.25, -0.2) is 4.79 Å². The summed E-state index contributed by atoms with van der Waals surface area (Å²) in [5, 5.41) is 12.9. The Morgan fingerprint density at radius 1 is 1.32 bits per heavy atom. The number of carbonyl (C=O) groups is 2. The van der Waals surface area contributed by atoms with Crippen LogP contribution in [0.2, 0.25) is 0 Å². The molecule has 3 saturated heterocycles. The van der Waals surface area contributed by atoms with E-state index in [2.05, 4.69) is 21.3 Å². The minimum absolute atomic E-state index is 0.0276. The van der Waals surface area contributed by atoms with Crippen molar-refractivity contribution in [3.05, 3.63) is 0 Å². The molecule has 0 bridgehead atoms. The zero-order chi connectivity index (χ0) is 15.4. The van der Waals surface area contributed by atoms with Crippen LogP contribution in [0.5, 0.6) is 0 Å². The van der Waals surface area contributed by atoms with Crippen molar-refractivity contribution in [2.75, 3.05) is 18.8 Å². The van der Waals surface area contributed by atoms with Crippen LogP contribution in [0.1, 0.15) is 38.5 Å². The van der Waals surface area contributed by atoms with Crippen LogP contribution in [-0.2, 0) is 4.79 Å². The summed E-state index contributed by atoms with van der Waals surface area (Å²) in [7, 11) is 0. The van der Waals surface area contributed by atoms with Crippen molar-refractivity contribution < 1.29 is 9.59 Å². The molecule has 4 N–H and O–H groups in total. The molecule has 22 heavy (non-hydrogen) atoms. The molecule has 3 aliphatic rings. The summed E-state index contributed by atoms with van der Waals surface area (Å²) in [5.74, 6) is 1.17. The van der Waals surface area contributed by atoms with E-state index in [1.54, 1.807) is 0 Å². The van der Waals surface area contributed by atoms with Crippen molar-refractivity contribution in [1.82, 2.24) is 21.3 Å². The molecule has 0 spiro atoms. The van der Waals surface area contributed by atoms with Crippen LogP contribution in [0.15, 0.2) is 0 Å². The number of hydrogen-bond donors (Lipinski definition) is 4. The summed E-state index contributed by atoms with van der Waals surface area (Å²) >= 11 is 1.94. The van der Waals surface area contributed by atoms with Crippen molar-refractivity contribution in [2.45, 2.75) is 61.9 Å². The molecule has 6 nitrogen and oxygen atoms in total. The molecule has 3 rings (SSSR count). The minimum Gasteiger partial charge on any atom is -0.355 e. The maximum absolute atomic E-state index is 11.8. The van der Waals surface area contributed by atoms with E-state index < -0.39 is 0 Å². The van der Waals surface area contributed by atoms with Gasteiger partial charge in [0.1, 0.15) is 0 Å². The van der Waals surface area contributed by atoms with Crippen molar-refractivity contribution in [2.24, 2.45) is 0 Å². The first-order chi connectivity index (χ1) is 10.7. The molecule has 0 aromatic rings. The summed E-state index contributed by atoms with van der Waals surface area (Å²) in [6, 6.07) is 1.01. The van der Waals surface area contributed by atoms with E-state index in [0.29, 0.717) is 23.8 Å². The topological polar surface area (TPSA) is 82.3 Å². The van der Waals surface area contributed by atoms with Crippen LogP contribution in [0.3, 0.4) is 0 Å². The second-order valence-corrected chi connectivity index (χ2v) is 7.74. The molecule has 3 amide bonds. The number of unbranched alkanes of at least 4 members (excludes halogenated alkanes) is 1. The second-order valence-electron chi connectivity index (χ2n) is 6.46. The zero-order valence-corrected chi connectivity index (χ0v) is 13.7. The van der Waals surface area contributed by atoms with Crippen LogP contribution in [0.4, 0.5) is 4.79 Å². The molecule has 1 unspecified atom stereocenters. The van der Waals surface area contributed by atoms with Gasteiger partial charge in [0.15, 0.2) is 0 Å². The van der Waals surface area contributed by atoms with Gasteiger partial charge < -0.3 is 21.3 Å². The van der Waals surface area contributed by atoms with Crippen LogP contribution >= 0.6 is 11.8 Å². The van der Waals surface area contributed by atoms with Gasteiger partial charge in [0.2, 0.25) is 5.91 Å². The third-order valence-electron chi connectivity index (χ3n) is 4.79. The van der Waals surface area contributed by atoms with Crippen LogP contribution < -0.4 is 21.3 Å². The molecular formula is C15H26N4O2S. The van der Waals surface area contributed by atoms with Gasteiger partial charge in [-0.15, -0.1) is 0 Å². The van der Waals surface area contributed by atoms with Gasteiger partial charge in [-0.1, -0.05) is 6.42 Å². The average molecular weight is 326 g/mol. The first-order valence-electron chi connectivity index (χ1n) is 8.41. The zero-order valence-electron chi connectivity index (χ0n) is 12.9. The Labute approximate surface area is 135 Å². The fourth-order valence-electron chi connectivity index (χ4n) is 3.53. The Hall–Kier alpha value is -0.950. The molecule has 0 radical (unpaired) electrons. The standard InChI is InChI=1S/C15H26N4O2S/c20-13(17-8-10-4-3-7-16-10)6-2-1-5-12-14-11(9-22-12)18-15(21)19-14/h10-12,14,16H,1-9H2,(H,17,20)(H2,18,19,21)/t10?,11-,12-,14-/m0/s1. The Bertz CT molecular complexity index is 414. The lowest BCUT2D eigenvalue weighted by atomic mass is 10.0. The lowest BCUT2D eigenvalue weighted by molar-refractivity contribution is -0.121. The van der Waals surface area contributed by atoms with Gasteiger partial charge in [-0.05, 0) is 32.2 Å². The third-order valence-corrected chi connectivity index (χ3v) is 6.30. The van der Waals surface area contributed by atoms with E-state index in [0.717, 1.165) is 38.1 Å². The molecule has 0 aliphatic carbocycles. The molecule has 3 fully saturated rings. The van der Waals surface area contributed by atoms with E-state index in [-0.39, 0.29) is 18.0 Å². The molecule has 4 atom stereocenters. The van der Waals surface area contributed by atoms with E-state index in [1.165, 1.54) is 12.8 Å². The average Bonchev–Trinajstić information content (AvgIpc) is 3.19. The van der Waals surface area contributed by atoms with Gasteiger partial charge in [-0.3, -0.25) is 4.79 Å². The summed E-state index contributed by atoms with van der Waals surface area (Å²) in [5.41, 5.74) is 0. The first kappa shape index (κ1) is 15.9. The number of fused-ring (bicyclic) bond motifs is 1. The van der Waals surface area contributed by atoms with Crippen molar-refractivity contribution in [1.29, 1.82) is 0 Å². The molecule has 0 aromatic carbocycles. The highest BCUT2D eigenvalue weighted by molar-refractivity contribution is 8.00. The van der Waals surface area contributed by atoms with Gasteiger partial charge in [0, 0.05) is 30.0 Å². The van der Waals surface area contributed by atoms with Gasteiger partial charge in [0.05, 0.1) is 12.1 Å². The normalized spacial score (nSPS) is 33.4. The number of rotatable bonds is 7. The first-order valence-corrected chi connectivity index (χ1v) is 9.46. The Balaban J connectivity index is 1.26. The fraction of sp³-hybridized carbons (Fsp3) is 0.867. The molecule has 124 valence electrons. The monoisotopic (exact) mass is 326 g/mol. The number of nitrogens with one attached hydrogen (secondary N) is 4. The van der Waals surface area contributed by atoms with Crippen molar-refractivity contribution in [3.63, 3.8) is 0 Å². The lowest BCUT2D eigenvalue weighted by Crippen LogP contribution is -2.37. The maximum atomic E-state index is 11.8. The summed E-state index contributed by atoms with van der Waals surface area (Å²) in [6.45, 7) is 1.84. The van der Waals surface area contributed by atoms with E-state index >= 15 is 0 Å². The largest absolute Gasteiger partial charge is 0.355 e. The Kier molecular flexibility index (Phi) is 5.46. The summed E-state index contributed by atoms with van der Waals surface area (Å²) in [6.07, 6.45) is 6.05. The summed E-state index contributed by atoms with van der Waals surface area (Å²) < 4.78 is 0. The molecule has 7 heteroatoms. The summed E-state index contributed by atoms with van der Waals surface area (Å²) in [4.78, 5) is 23.1. The Morgan fingerprint density at radius 2 is 2.23 bits per heavy atom. The van der Waals surface area contributed by atoms with Crippen LogP contribution in [0, 0.1) is 0 Å². The molecular weight excluding hydrogens is 300 g/mol. The van der Waals surface area contributed by atoms with Crippen LogP contribution in [-0.4, -0.2) is 54.2 Å². The highest BCUT2D eigenvalue weighted by Crippen LogP contribution is 2.33. The van der Waals surface area contributed by atoms with E-state index in [4.69, 9.17) is 0 Å². The predicted octanol–water partition coefficient (Wildman–Crippen LogP) is 0.580. The van der Waals surface area contributed by atoms with Crippen LogP contribution in [0.25, 0.3) is 0 Å². The molecule has 0 aromatic heterocycles. The van der Waals surface area contributed by atoms with Crippen molar-refractivity contribution in [3.8, 4) is 0 Å². The van der Waals surface area contributed by atoms with Gasteiger partial charge in [-0.2, -0.15) is 11.8 Å². The lowest BCUT2D eigenvalue weighted by Gasteiger charge is -2.16. The number of amides is 3. The quantitative estimate of drug-likeness (QED) is 0.407. The number of hydrogen-bond acceptors (Lipinski definition) is 4. The third kappa shape index (κ3) is 4.07. The molecule has 3 aliphatic heterocycles. The minimum atomic E-state index is -0.0276. The van der Waals surface area contributed by atoms with Gasteiger partial charge >= 0.3 is 6.03 Å². The van der Waals surface area contributed by atoms with Gasteiger partial charge in [0.25, 0.3) is 0 Å². The van der Waals surface area contributed by atoms with E-state index in [9.17, 15) is 9.59 Å². The Morgan fingerprint density at radius 3 is 3.05 bits per heavy atom. The highest BCUT2D eigenvalue weighted by atomic mass is 32.2. The SMILES string of the molecule is O=C(CCCC[C@@H]1SC[C@@H]2NC(=O)N[C@@H]21)NCC1CCCN1. The van der Waals surface area contributed by atoms with Crippen molar-refractivity contribution >= 4 is 23.7 Å². The smallest absolute Gasteiger partial charge is 0.315 e.